The predicted octanol–water partition coefficient (Wildman–Crippen LogP) is 6.18. The molecule has 1 amide bonds. The third-order valence-electron chi connectivity index (χ3n) is 5.12. The molecule has 0 saturated carbocycles. The van der Waals surface area contributed by atoms with Crippen LogP contribution in [0.15, 0.2) is 78.2 Å². The number of benzene rings is 3. The van der Waals surface area contributed by atoms with Gasteiger partial charge in [-0.2, -0.15) is 0 Å². The van der Waals surface area contributed by atoms with Crippen LogP contribution < -0.4 is 5.32 Å². The van der Waals surface area contributed by atoms with Crippen LogP contribution >= 0.6 is 11.3 Å². The summed E-state index contributed by atoms with van der Waals surface area (Å²) in [7, 11) is 0. The van der Waals surface area contributed by atoms with E-state index in [0.29, 0.717) is 36.6 Å². The first-order chi connectivity index (χ1) is 16.0. The van der Waals surface area contributed by atoms with Crippen LogP contribution in [0.25, 0.3) is 0 Å². The van der Waals surface area contributed by atoms with Gasteiger partial charge < -0.3 is 5.32 Å². The number of rotatable bonds is 8. The summed E-state index contributed by atoms with van der Waals surface area (Å²) in [5, 5.41) is 5.31. The molecule has 0 atom stereocenters. The summed E-state index contributed by atoms with van der Waals surface area (Å²) >= 11 is 1.38. The number of nitrogens with one attached hydrogen (secondary N) is 1. The molecule has 0 aliphatic rings. The van der Waals surface area contributed by atoms with Crippen LogP contribution in [0.5, 0.6) is 0 Å². The summed E-state index contributed by atoms with van der Waals surface area (Å²) in [5.74, 6) is -0.858. The van der Waals surface area contributed by atoms with Crippen LogP contribution in [0, 0.1) is 18.6 Å². The average molecular weight is 464 g/mol. The van der Waals surface area contributed by atoms with E-state index in [1.807, 2.05) is 36.1 Å². The Morgan fingerprint density at radius 2 is 1.67 bits per heavy atom. The zero-order valence-electron chi connectivity index (χ0n) is 18.1. The van der Waals surface area contributed by atoms with Crippen molar-refractivity contribution in [1.29, 1.82) is 0 Å². The van der Waals surface area contributed by atoms with Gasteiger partial charge in [0.25, 0.3) is 5.91 Å². The molecule has 4 rings (SSSR count). The maximum atomic E-state index is 14.3. The number of hydrogen-bond acceptors (Lipinski definition) is 4. The number of carbonyl (C=O) groups is 1. The minimum absolute atomic E-state index is 0.277. The van der Waals surface area contributed by atoms with Gasteiger partial charge in [-0.15, -0.1) is 11.3 Å². The largest absolute Gasteiger partial charge is 0.321 e. The standard InChI is InChI=1S/C26H23F2N3OS/c1-18-6-12-22(13-7-18)29-26(32)24-17-33-25(30-24)16-31(14-19-8-10-21(27)11-9-19)15-20-4-2-3-5-23(20)28/h2-13,17H,14-16H2,1H3,(H,29,32). The van der Waals surface area contributed by atoms with E-state index in [1.165, 1.54) is 29.5 Å². The van der Waals surface area contributed by atoms with Gasteiger partial charge in [-0.1, -0.05) is 48.0 Å². The number of hydrogen-bond donors (Lipinski definition) is 1. The number of aromatic nitrogens is 1. The molecule has 1 N–H and O–H groups in total. The van der Waals surface area contributed by atoms with E-state index < -0.39 is 0 Å². The molecule has 1 aromatic heterocycles. The van der Waals surface area contributed by atoms with Crippen molar-refractivity contribution in [1.82, 2.24) is 9.88 Å². The highest BCUT2D eigenvalue weighted by atomic mass is 32.1. The Kier molecular flexibility index (Phi) is 7.22. The fourth-order valence-electron chi connectivity index (χ4n) is 3.39. The summed E-state index contributed by atoms with van der Waals surface area (Å²) in [4.78, 5) is 19.1. The van der Waals surface area contributed by atoms with Crippen molar-refractivity contribution >= 4 is 22.9 Å². The zero-order chi connectivity index (χ0) is 23.2. The van der Waals surface area contributed by atoms with E-state index >= 15 is 0 Å². The Bertz CT molecular complexity index is 1220. The molecule has 33 heavy (non-hydrogen) atoms. The molecule has 0 unspecified atom stereocenters. The minimum Gasteiger partial charge on any atom is -0.321 e. The molecule has 0 bridgehead atoms. The van der Waals surface area contributed by atoms with Gasteiger partial charge in [-0.05, 0) is 42.8 Å². The van der Waals surface area contributed by atoms with Gasteiger partial charge in [0.2, 0.25) is 0 Å². The SMILES string of the molecule is Cc1ccc(NC(=O)c2csc(CN(Cc3ccc(F)cc3)Cc3ccccc3F)n2)cc1. The third-order valence-corrected chi connectivity index (χ3v) is 5.96. The molecule has 0 aliphatic carbocycles. The highest BCUT2D eigenvalue weighted by molar-refractivity contribution is 7.09. The topological polar surface area (TPSA) is 45.2 Å². The van der Waals surface area contributed by atoms with Crippen molar-refractivity contribution in [3.05, 3.63) is 117 Å². The molecule has 0 radical (unpaired) electrons. The maximum Gasteiger partial charge on any atom is 0.275 e. The molecule has 7 heteroatoms. The van der Waals surface area contributed by atoms with Crippen molar-refractivity contribution in [3.63, 3.8) is 0 Å². The maximum absolute atomic E-state index is 14.3. The van der Waals surface area contributed by atoms with Crippen molar-refractivity contribution in [2.45, 2.75) is 26.6 Å². The number of thiazole rings is 1. The van der Waals surface area contributed by atoms with E-state index in [1.54, 1.807) is 35.7 Å². The van der Waals surface area contributed by atoms with Gasteiger partial charge in [0.1, 0.15) is 22.3 Å². The van der Waals surface area contributed by atoms with Gasteiger partial charge in [-0.25, -0.2) is 13.8 Å². The highest BCUT2D eigenvalue weighted by Crippen LogP contribution is 2.20. The van der Waals surface area contributed by atoms with Gasteiger partial charge in [0.05, 0.1) is 6.54 Å². The van der Waals surface area contributed by atoms with E-state index in [4.69, 9.17) is 0 Å². The van der Waals surface area contributed by atoms with Crippen LogP contribution in [-0.2, 0) is 19.6 Å². The van der Waals surface area contributed by atoms with Crippen molar-refractivity contribution in [2.24, 2.45) is 0 Å². The Morgan fingerprint density at radius 3 is 2.39 bits per heavy atom. The molecule has 1 heterocycles. The van der Waals surface area contributed by atoms with E-state index in [2.05, 4.69) is 10.3 Å². The first kappa shape index (κ1) is 22.8. The van der Waals surface area contributed by atoms with Crippen LogP contribution in [0.2, 0.25) is 0 Å². The number of amides is 1. The number of anilines is 1. The quantitative estimate of drug-likeness (QED) is 0.339. The number of carbonyl (C=O) groups excluding carboxylic acids is 1. The monoisotopic (exact) mass is 463 g/mol. The fourth-order valence-corrected chi connectivity index (χ4v) is 4.21. The fraction of sp³-hybridized carbons (Fsp3) is 0.154. The van der Waals surface area contributed by atoms with Crippen LogP contribution in [-0.4, -0.2) is 15.8 Å². The first-order valence-corrected chi connectivity index (χ1v) is 11.4. The lowest BCUT2D eigenvalue weighted by molar-refractivity contribution is 0.102. The summed E-state index contributed by atoms with van der Waals surface area (Å²) in [6, 6.07) is 20.4. The van der Waals surface area contributed by atoms with Crippen LogP contribution in [0.3, 0.4) is 0 Å². The summed E-state index contributed by atoms with van der Waals surface area (Å²) in [5.41, 5.74) is 3.62. The van der Waals surface area contributed by atoms with Crippen molar-refractivity contribution in [2.75, 3.05) is 5.32 Å². The highest BCUT2D eigenvalue weighted by Gasteiger charge is 2.16. The third kappa shape index (κ3) is 6.31. The lowest BCUT2D eigenvalue weighted by Crippen LogP contribution is -2.23. The van der Waals surface area contributed by atoms with Crippen molar-refractivity contribution in [3.8, 4) is 0 Å². The molecule has 0 saturated heterocycles. The second-order valence-electron chi connectivity index (χ2n) is 7.81. The lowest BCUT2D eigenvalue weighted by atomic mass is 10.1. The van der Waals surface area contributed by atoms with Crippen LogP contribution in [0.1, 0.15) is 32.2 Å². The number of nitrogens with zero attached hydrogens (tertiary/aromatic N) is 2. The normalized spacial score (nSPS) is 11.0. The van der Waals surface area contributed by atoms with Crippen molar-refractivity contribution < 1.29 is 13.6 Å². The smallest absolute Gasteiger partial charge is 0.275 e. The van der Waals surface area contributed by atoms with E-state index in [0.717, 1.165) is 16.1 Å². The van der Waals surface area contributed by atoms with Gasteiger partial charge in [0.15, 0.2) is 0 Å². The Labute approximate surface area is 195 Å². The molecule has 3 aromatic carbocycles. The number of aryl methyl sites for hydroxylation is 1. The summed E-state index contributed by atoms with van der Waals surface area (Å²) < 4.78 is 27.6. The Hall–Kier alpha value is -3.42. The predicted molar refractivity (Wildman–Crippen MR) is 127 cm³/mol. The molecule has 4 nitrogen and oxygen atoms in total. The molecule has 0 aliphatic heterocycles. The second kappa shape index (κ2) is 10.5. The number of halogens is 2. The molecule has 4 aromatic rings. The lowest BCUT2D eigenvalue weighted by Gasteiger charge is -2.22. The summed E-state index contributed by atoms with van der Waals surface area (Å²) in [6.07, 6.45) is 0. The molecular formula is C26H23F2N3OS. The summed E-state index contributed by atoms with van der Waals surface area (Å²) in [6.45, 7) is 3.25. The first-order valence-electron chi connectivity index (χ1n) is 10.5. The van der Waals surface area contributed by atoms with Gasteiger partial charge in [-0.3, -0.25) is 9.69 Å². The Balaban J connectivity index is 1.48. The molecular weight excluding hydrogens is 440 g/mol. The second-order valence-corrected chi connectivity index (χ2v) is 8.75. The van der Waals surface area contributed by atoms with Crippen LogP contribution in [0.4, 0.5) is 14.5 Å². The minimum atomic E-state index is -0.302. The van der Waals surface area contributed by atoms with E-state index in [9.17, 15) is 13.6 Å². The van der Waals surface area contributed by atoms with Gasteiger partial charge in [0, 0.05) is 29.7 Å². The Morgan fingerprint density at radius 1 is 0.939 bits per heavy atom. The molecule has 0 spiro atoms. The molecule has 168 valence electrons. The van der Waals surface area contributed by atoms with E-state index in [-0.39, 0.29) is 17.5 Å². The van der Waals surface area contributed by atoms with Gasteiger partial charge >= 0.3 is 0 Å². The molecule has 0 fully saturated rings. The zero-order valence-corrected chi connectivity index (χ0v) is 18.9. The average Bonchev–Trinajstić information content (AvgIpc) is 3.27.